The zero-order valence-corrected chi connectivity index (χ0v) is 17.5. The maximum atomic E-state index is 6.06. The molecule has 1 aliphatic rings. The third-order valence-corrected chi connectivity index (χ3v) is 5.99. The average Bonchev–Trinajstić information content (AvgIpc) is 2.76. The molecule has 0 radical (unpaired) electrons. The first-order valence-electron chi connectivity index (χ1n) is 11.1. The molecule has 0 N–H and O–H groups in total. The van der Waals surface area contributed by atoms with E-state index in [-0.39, 0.29) is 0 Å². The van der Waals surface area contributed by atoms with Crippen LogP contribution in [0.25, 0.3) is 0 Å². The Hall–Kier alpha value is -2.20. The first kappa shape index (κ1) is 20.5. The predicted molar refractivity (Wildman–Crippen MR) is 119 cm³/mol. The summed E-state index contributed by atoms with van der Waals surface area (Å²) in [6.45, 7) is 5.32. The molecular weight excluding hydrogens is 340 g/mol. The molecule has 1 fully saturated rings. The van der Waals surface area contributed by atoms with Crippen molar-refractivity contribution in [2.24, 2.45) is 11.8 Å². The number of hydrogen-bond donors (Lipinski definition) is 0. The Labute approximate surface area is 171 Å². The van der Waals surface area contributed by atoms with E-state index >= 15 is 0 Å². The summed E-state index contributed by atoms with van der Waals surface area (Å²) in [5.41, 5.74) is 3.44. The van der Waals surface area contributed by atoms with Crippen LogP contribution in [0.3, 0.4) is 0 Å². The van der Waals surface area contributed by atoms with Crippen LogP contribution in [0.4, 0.5) is 0 Å². The Morgan fingerprint density at radius 3 is 1.93 bits per heavy atom. The van der Waals surface area contributed by atoms with Gasteiger partial charge >= 0.3 is 0 Å². The second kappa shape index (κ2) is 11.0. The summed E-state index contributed by atoms with van der Waals surface area (Å²) in [4.78, 5) is 0. The van der Waals surface area contributed by atoms with E-state index in [9.17, 15) is 0 Å². The minimum Gasteiger partial charge on any atom is -0.493 e. The van der Waals surface area contributed by atoms with Crippen LogP contribution in [0, 0.1) is 23.7 Å². The normalized spacial score (nSPS) is 18.9. The zero-order chi connectivity index (χ0) is 19.6. The van der Waals surface area contributed by atoms with E-state index in [0.717, 1.165) is 41.7 Å². The highest BCUT2D eigenvalue weighted by Gasteiger charge is 2.21. The van der Waals surface area contributed by atoms with E-state index in [1.54, 1.807) is 0 Å². The summed E-state index contributed by atoms with van der Waals surface area (Å²) >= 11 is 0. The summed E-state index contributed by atoms with van der Waals surface area (Å²) in [7, 11) is 0. The van der Waals surface area contributed by atoms with Gasteiger partial charge in [-0.1, -0.05) is 69.9 Å². The third kappa shape index (κ3) is 6.45. The van der Waals surface area contributed by atoms with Gasteiger partial charge in [-0.05, 0) is 73.1 Å². The SMILES string of the molecule is CCCCC1CCC(COc2ccc(C#Cc3ccc(CC)cc3)cc2)CC1. The molecule has 0 aromatic heterocycles. The molecule has 0 aliphatic heterocycles. The zero-order valence-electron chi connectivity index (χ0n) is 17.5. The van der Waals surface area contributed by atoms with Gasteiger partial charge in [-0.15, -0.1) is 0 Å². The van der Waals surface area contributed by atoms with E-state index in [1.807, 2.05) is 0 Å². The fourth-order valence-corrected chi connectivity index (χ4v) is 4.00. The van der Waals surface area contributed by atoms with Crippen LogP contribution >= 0.6 is 0 Å². The van der Waals surface area contributed by atoms with Crippen molar-refractivity contribution in [1.82, 2.24) is 0 Å². The van der Waals surface area contributed by atoms with Crippen molar-refractivity contribution in [2.75, 3.05) is 6.61 Å². The standard InChI is InChI=1S/C27H34O/c1-3-5-6-23-13-15-26(16-14-23)21-28-27-19-17-25(18-20-27)12-11-24-9-7-22(4-2)8-10-24/h7-10,17-20,23,26H,3-6,13-16,21H2,1-2H3. The Morgan fingerprint density at radius 1 is 0.786 bits per heavy atom. The maximum absolute atomic E-state index is 6.06. The molecule has 2 aromatic carbocycles. The van der Waals surface area contributed by atoms with E-state index in [2.05, 4.69) is 74.2 Å². The minimum absolute atomic E-state index is 0.725. The summed E-state index contributed by atoms with van der Waals surface area (Å²) < 4.78 is 6.06. The number of aryl methyl sites for hydroxylation is 1. The van der Waals surface area contributed by atoms with Crippen molar-refractivity contribution >= 4 is 0 Å². The predicted octanol–water partition coefficient (Wildman–Crippen LogP) is 7.02. The number of unbranched alkanes of at least 4 members (excludes halogenated alkanes) is 1. The monoisotopic (exact) mass is 374 g/mol. The van der Waals surface area contributed by atoms with Crippen molar-refractivity contribution in [3.05, 3.63) is 65.2 Å². The van der Waals surface area contributed by atoms with Crippen molar-refractivity contribution in [1.29, 1.82) is 0 Å². The number of benzene rings is 2. The summed E-state index contributed by atoms with van der Waals surface area (Å²) in [5, 5.41) is 0. The van der Waals surface area contributed by atoms with Gasteiger partial charge < -0.3 is 4.74 Å². The van der Waals surface area contributed by atoms with Crippen molar-refractivity contribution in [2.45, 2.75) is 65.2 Å². The van der Waals surface area contributed by atoms with Crippen LogP contribution in [-0.4, -0.2) is 6.61 Å². The van der Waals surface area contributed by atoms with Gasteiger partial charge in [0, 0.05) is 11.1 Å². The van der Waals surface area contributed by atoms with E-state index in [0.29, 0.717) is 0 Å². The molecule has 2 aromatic rings. The molecule has 0 unspecified atom stereocenters. The largest absolute Gasteiger partial charge is 0.493 e. The molecule has 1 saturated carbocycles. The smallest absolute Gasteiger partial charge is 0.119 e. The lowest BCUT2D eigenvalue weighted by Crippen LogP contribution is -2.20. The Kier molecular flexibility index (Phi) is 8.04. The molecule has 0 spiro atoms. The van der Waals surface area contributed by atoms with Gasteiger partial charge in [0.2, 0.25) is 0 Å². The van der Waals surface area contributed by atoms with Gasteiger partial charge in [-0.2, -0.15) is 0 Å². The van der Waals surface area contributed by atoms with Crippen LogP contribution < -0.4 is 4.74 Å². The first-order valence-corrected chi connectivity index (χ1v) is 11.1. The minimum atomic E-state index is 0.725. The number of rotatable bonds is 7. The van der Waals surface area contributed by atoms with Crippen LogP contribution in [0.5, 0.6) is 5.75 Å². The Morgan fingerprint density at radius 2 is 1.36 bits per heavy atom. The fourth-order valence-electron chi connectivity index (χ4n) is 4.00. The first-order chi connectivity index (χ1) is 13.8. The second-order valence-corrected chi connectivity index (χ2v) is 8.16. The summed E-state index contributed by atoms with van der Waals surface area (Å²) in [6, 6.07) is 16.7. The second-order valence-electron chi connectivity index (χ2n) is 8.16. The van der Waals surface area contributed by atoms with Gasteiger partial charge in [0.25, 0.3) is 0 Å². The molecule has 0 atom stereocenters. The van der Waals surface area contributed by atoms with Gasteiger partial charge in [0.15, 0.2) is 0 Å². The molecule has 1 heteroatoms. The molecular formula is C27H34O. The quantitative estimate of drug-likeness (QED) is 0.473. The van der Waals surface area contributed by atoms with Crippen molar-refractivity contribution < 1.29 is 4.74 Å². The van der Waals surface area contributed by atoms with Crippen LogP contribution in [0.2, 0.25) is 0 Å². The maximum Gasteiger partial charge on any atom is 0.119 e. The van der Waals surface area contributed by atoms with E-state index in [4.69, 9.17) is 4.74 Å². The topological polar surface area (TPSA) is 9.23 Å². The van der Waals surface area contributed by atoms with Crippen LogP contribution in [0.15, 0.2) is 48.5 Å². The fraction of sp³-hybridized carbons (Fsp3) is 0.481. The number of ether oxygens (including phenoxy) is 1. The lowest BCUT2D eigenvalue weighted by Gasteiger charge is -2.28. The van der Waals surface area contributed by atoms with Gasteiger partial charge in [-0.25, -0.2) is 0 Å². The Balaban J connectivity index is 1.44. The van der Waals surface area contributed by atoms with Gasteiger partial charge in [-0.3, -0.25) is 0 Å². The molecule has 0 bridgehead atoms. The van der Waals surface area contributed by atoms with Crippen molar-refractivity contribution in [3.8, 4) is 17.6 Å². The van der Waals surface area contributed by atoms with Gasteiger partial charge in [0.1, 0.15) is 5.75 Å². The highest BCUT2D eigenvalue weighted by molar-refractivity contribution is 5.44. The Bertz CT molecular complexity index is 753. The lowest BCUT2D eigenvalue weighted by molar-refractivity contribution is 0.178. The number of hydrogen-bond acceptors (Lipinski definition) is 1. The highest BCUT2D eigenvalue weighted by atomic mass is 16.5. The molecule has 1 nitrogen and oxygen atoms in total. The van der Waals surface area contributed by atoms with Crippen LogP contribution in [-0.2, 0) is 6.42 Å². The summed E-state index contributed by atoms with van der Waals surface area (Å²) in [6.07, 6.45) is 10.7. The summed E-state index contributed by atoms with van der Waals surface area (Å²) in [5.74, 6) is 9.14. The van der Waals surface area contributed by atoms with Gasteiger partial charge in [0.05, 0.1) is 6.61 Å². The lowest BCUT2D eigenvalue weighted by atomic mass is 9.80. The van der Waals surface area contributed by atoms with E-state index in [1.165, 1.54) is 50.5 Å². The third-order valence-electron chi connectivity index (χ3n) is 5.99. The average molecular weight is 375 g/mol. The van der Waals surface area contributed by atoms with E-state index < -0.39 is 0 Å². The van der Waals surface area contributed by atoms with Crippen LogP contribution in [0.1, 0.15) is 75.5 Å². The highest BCUT2D eigenvalue weighted by Crippen LogP contribution is 2.32. The molecule has 0 heterocycles. The molecule has 0 saturated heterocycles. The molecule has 148 valence electrons. The molecule has 3 rings (SSSR count). The molecule has 0 amide bonds. The van der Waals surface area contributed by atoms with Crippen molar-refractivity contribution in [3.63, 3.8) is 0 Å². The molecule has 1 aliphatic carbocycles. The molecule has 28 heavy (non-hydrogen) atoms.